The second-order valence-corrected chi connectivity index (χ2v) is 9.51. The number of carbonyl (C=O) groups excluding carboxylic acids is 1. The molecule has 1 amide bonds. The maximum atomic E-state index is 12.5. The van der Waals surface area contributed by atoms with Crippen molar-refractivity contribution in [2.45, 2.75) is 37.7 Å². The summed E-state index contributed by atoms with van der Waals surface area (Å²) in [6.07, 6.45) is 6.16. The van der Waals surface area contributed by atoms with Gasteiger partial charge in [-0.05, 0) is 55.0 Å². The summed E-state index contributed by atoms with van der Waals surface area (Å²) in [7, 11) is 0. The average Bonchev–Trinajstić information content (AvgIpc) is 3.63. The van der Waals surface area contributed by atoms with Crippen LogP contribution >= 0.6 is 0 Å². The number of piperazine rings is 1. The van der Waals surface area contributed by atoms with Crippen molar-refractivity contribution in [2.24, 2.45) is 0 Å². The Morgan fingerprint density at radius 1 is 1.14 bits per heavy atom. The van der Waals surface area contributed by atoms with E-state index in [9.17, 15) is 9.59 Å². The van der Waals surface area contributed by atoms with Crippen molar-refractivity contribution in [3.05, 3.63) is 63.8 Å². The first-order valence-electron chi connectivity index (χ1n) is 13.3. The molecule has 0 radical (unpaired) electrons. The minimum Gasteiger partial charge on any atom is -0.379 e. The largest absolute Gasteiger partial charge is 0.379 e. The molecule has 1 saturated carbocycles. The van der Waals surface area contributed by atoms with E-state index in [1.165, 1.54) is 0 Å². The van der Waals surface area contributed by atoms with Gasteiger partial charge in [-0.15, -0.1) is 0 Å². The molecule has 0 spiro atoms. The van der Waals surface area contributed by atoms with Crippen LogP contribution in [0.25, 0.3) is 11.0 Å². The Hall–Kier alpha value is -3.30. The summed E-state index contributed by atoms with van der Waals surface area (Å²) in [6.45, 7) is 1.72. The van der Waals surface area contributed by atoms with Crippen molar-refractivity contribution >= 4 is 22.6 Å². The highest BCUT2D eigenvalue weighted by atomic mass is 16.5. The van der Waals surface area contributed by atoms with Crippen LogP contribution in [0.1, 0.15) is 49.5 Å². The van der Waals surface area contributed by atoms with Gasteiger partial charge in [0.15, 0.2) is 0 Å². The Labute approximate surface area is 206 Å². The van der Waals surface area contributed by atoms with E-state index >= 15 is 0 Å². The van der Waals surface area contributed by atoms with E-state index in [0.717, 1.165) is 30.5 Å². The summed E-state index contributed by atoms with van der Waals surface area (Å²) in [6, 6.07) is 7.20. The number of pyridine rings is 3. The predicted octanol–water partition coefficient (Wildman–Crippen LogP) is 2.04. The Morgan fingerprint density at radius 3 is 2.71 bits per heavy atom. The van der Waals surface area contributed by atoms with Crippen LogP contribution in [0.2, 0.25) is 0 Å². The molecule has 1 atom stereocenters. The van der Waals surface area contributed by atoms with Crippen LogP contribution in [0.3, 0.4) is 0 Å². The molecule has 6 rings (SSSR count). The second-order valence-electron chi connectivity index (χ2n) is 9.51. The number of amides is 1. The number of ether oxygens (including phenoxy) is 1. The van der Waals surface area contributed by atoms with Gasteiger partial charge in [0.2, 0.25) is 0 Å². The molecule has 35 heavy (non-hydrogen) atoms. The third kappa shape index (κ3) is 4.92. The summed E-state index contributed by atoms with van der Waals surface area (Å²) < 4.78 is 23.0. The minimum absolute atomic E-state index is 0.0373. The molecule has 9 nitrogen and oxygen atoms in total. The number of carbonyl (C=O) groups is 1. The molecule has 2 saturated heterocycles. The predicted molar refractivity (Wildman–Crippen MR) is 133 cm³/mol. The molecule has 3 aromatic heterocycles. The maximum absolute atomic E-state index is 12.5. The molecular formula is C26H30N6O3. The first-order valence-corrected chi connectivity index (χ1v) is 12.3. The molecule has 2 aliphatic heterocycles. The van der Waals surface area contributed by atoms with E-state index in [2.05, 4.69) is 25.2 Å². The summed E-state index contributed by atoms with van der Waals surface area (Å²) in [5.74, 6) is 0.127. The number of anilines is 1. The molecule has 1 aliphatic carbocycles. The number of aromatic nitrogens is 3. The summed E-state index contributed by atoms with van der Waals surface area (Å²) in [5.41, 5.74) is 3.62. The van der Waals surface area contributed by atoms with E-state index in [4.69, 9.17) is 7.48 Å². The zero-order valence-electron chi connectivity index (χ0n) is 21.5. The molecular weight excluding hydrogens is 444 g/mol. The fourth-order valence-corrected chi connectivity index (χ4v) is 4.73. The van der Waals surface area contributed by atoms with Crippen molar-refractivity contribution in [1.82, 2.24) is 25.2 Å². The number of hydrogen-bond donors (Lipinski definition) is 2. The van der Waals surface area contributed by atoms with Gasteiger partial charge in [-0.2, -0.15) is 0 Å². The fraction of sp³-hybridized carbons (Fsp3) is 0.462. The van der Waals surface area contributed by atoms with Crippen LogP contribution in [-0.2, 0) is 11.2 Å². The van der Waals surface area contributed by atoms with Crippen LogP contribution in [-0.4, -0.2) is 71.2 Å². The smallest absolute Gasteiger partial charge is 0.270 e. The van der Waals surface area contributed by atoms with Crippen molar-refractivity contribution in [2.75, 3.05) is 44.3 Å². The van der Waals surface area contributed by atoms with Crippen LogP contribution in [0.5, 0.6) is 0 Å². The topological polar surface area (TPSA) is 103 Å². The summed E-state index contributed by atoms with van der Waals surface area (Å²) >= 11 is 0. The van der Waals surface area contributed by atoms with Gasteiger partial charge < -0.3 is 19.9 Å². The van der Waals surface area contributed by atoms with Gasteiger partial charge in [0, 0.05) is 53.8 Å². The van der Waals surface area contributed by atoms with Crippen molar-refractivity contribution in [1.29, 1.82) is 0 Å². The van der Waals surface area contributed by atoms with E-state index in [1.807, 2.05) is 12.1 Å². The number of nitrogens with zero attached hydrogens (tertiary/aromatic N) is 4. The summed E-state index contributed by atoms with van der Waals surface area (Å²) in [4.78, 5) is 40.5. The van der Waals surface area contributed by atoms with Crippen LogP contribution in [0.15, 0.2) is 41.5 Å². The summed E-state index contributed by atoms with van der Waals surface area (Å²) in [5, 5.41) is 2.94. The van der Waals surface area contributed by atoms with E-state index in [1.54, 1.807) is 29.4 Å². The average molecular weight is 477 g/mol. The zero-order chi connectivity index (χ0) is 25.6. The number of aromatic amines is 1. The molecule has 182 valence electrons. The first kappa shape index (κ1) is 19.9. The molecule has 5 heterocycles. The Kier molecular flexibility index (Phi) is 5.35. The third-order valence-electron chi connectivity index (χ3n) is 6.92. The SMILES string of the molecule is [2H]C([2H])(c1cnc2cc(C3CC3)c(=O)[nH]c2c1)N1CCN(c2ccc(C(=O)N[C@@H]3CCOC3)nc2)CC1. The van der Waals surface area contributed by atoms with Gasteiger partial charge in [0.1, 0.15) is 5.69 Å². The third-order valence-corrected chi connectivity index (χ3v) is 6.92. The van der Waals surface area contributed by atoms with Gasteiger partial charge in [-0.3, -0.25) is 19.5 Å². The molecule has 0 aromatic carbocycles. The monoisotopic (exact) mass is 476 g/mol. The fourth-order valence-electron chi connectivity index (χ4n) is 4.73. The zero-order valence-corrected chi connectivity index (χ0v) is 19.5. The van der Waals surface area contributed by atoms with Gasteiger partial charge in [-0.1, -0.05) is 0 Å². The van der Waals surface area contributed by atoms with Crippen molar-refractivity contribution < 1.29 is 12.3 Å². The van der Waals surface area contributed by atoms with Crippen molar-refractivity contribution in [3.8, 4) is 0 Å². The normalized spacial score (nSPS) is 22.2. The van der Waals surface area contributed by atoms with Gasteiger partial charge >= 0.3 is 0 Å². The lowest BCUT2D eigenvalue weighted by Crippen LogP contribution is -2.46. The Morgan fingerprint density at radius 2 is 2.00 bits per heavy atom. The highest BCUT2D eigenvalue weighted by Gasteiger charge is 2.27. The van der Waals surface area contributed by atoms with E-state index < -0.39 is 6.50 Å². The molecule has 2 N–H and O–H groups in total. The molecule has 9 heteroatoms. The van der Waals surface area contributed by atoms with Gasteiger partial charge in [0.05, 0.1) is 35.6 Å². The lowest BCUT2D eigenvalue weighted by atomic mass is 10.1. The highest BCUT2D eigenvalue weighted by molar-refractivity contribution is 5.92. The Balaban J connectivity index is 1.10. The standard InChI is InChI=1S/C26H30N6O3/c33-25-21(18-1-2-18)12-23-24(30-25)11-17(13-27-23)15-31-6-8-32(9-7-31)20-3-4-22(28-14-20)26(34)29-19-5-10-35-16-19/h3-4,11-14,18-19H,1-2,5-10,15-16H2,(H,29,34)(H,30,33)/t19-/m1/s1/i15D2. The van der Waals surface area contributed by atoms with Gasteiger partial charge in [0.25, 0.3) is 11.5 Å². The van der Waals surface area contributed by atoms with Crippen LogP contribution in [0.4, 0.5) is 5.69 Å². The lowest BCUT2D eigenvalue weighted by molar-refractivity contribution is 0.0925. The molecule has 3 aliphatic rings. The lowest BCUT2D eigenvalue weighted by Gasteiger charge is -2.36. The maximum Gasteiger partial charge on any atom is 0.270 e. The number of rotatable bonds is 6. The second kappa shape index (κ2) is 9.39. The minimum atomic E-state index is -1.73. The van der Waals surface area contributed by atoms with E-state index in [-0.39, 0.29) is 17.5 Å². The van der Waals surface area contributed by atoms with Crippen molar-refractivity contribution in [3.63, 3.8) is 0 Å². The van der Waals surface area contributed by atoms with Crippen LogP contribution < -0.4 is 15.8 Å². The van der Waals surface area contributed by atoms with Gasteiger partial charge in [-0.25, -0.2) is 4.98 Å². The number of nitrogens with one attached hydrogen (secondary N) is 2. The molecule has 0 bridgehead atoms. The first-order chi connectivity index (χ1) is 17.9. The number of fused-ring (bicyclic) bond motifs is 1. The molecule has 3 aromatic rings. The number of hydrogen-bond acceptors (Lipinski definition) is 7. The van der Waals surface area contributed by atoms with E-state index in [0.29, 0.717) is 67.6 Å². The van der Waals surface area contributed by atoms with Crippen LogP contribution in [0, 0.1) is 0 Å². The molecule has 3 fully saturated rings. The highest BCUT2D eigenvalue weighted by Crippen LogP contribution is 2.38. The molecule has 0 unspecified atom stereocenters. The Bertz CT molecular complexity index is 1360. The quantitative estimate of drug-likeness (QED) is 0.561. The number of H-pyrrole nitrogens is 1.